The van der Waals surface area contributed by atoms with E-state index in [0.29, 0.717) is 17.9 Å². The molecule has 1 aliphatic rings. The van der Waals surface area contributed by atoms with Crippen molar-refractivity contribution in [1.82, 2.24) is 0 Å². The lowest BCUT2D eigenvalue weighted by atomic mass is 9.97. The first-order valence-corrected chi connectivity index (χ1v) is 6.23. The number of ether oxygens (including phenoxy) is 1. The molecule has 0 aliphatic heterocycles. The molecule has 0 unspecified atom stereocenters. The van der Waals surface area contributed by atoms with Crippen LogP contribution in [0.1, 0.15) is 42.5 Å². The van der Waals surface area contributed by atoms with E-state index in [-0.39, 0.29) is 11.5 Å². The highest BCUT2D eigenvalue weighted by Gasteiger charge is 2.19. The molecule has 0 saturated heterocycles. The Balaban J connectivity index is 1.93. The van der Waals surface area contributed by atoms with Gasteiger partial charge in [0.15, 0.2) is 5.78 Å². The summed E-state index contributed by atoms with van der Waals surface area (Å²) in [6.07, 6.45) is 5.23. The van der Waals surface area contributed by atoms with Crippen molar-refractivity contribution in [2.45, 2.75) is 38.7 Å². The molecule has 0 bridgehead atoms. The van der Waals surface area contributed by atoms with Gasteiger partial charge in [0.2, 0.25) is 0 Å². The molecule has 2 nitrogen and oxygen atoms in total. The second-order valence-corrected chi connectivity index (χ2v) is 4.68. The van der Waals surface area contributed by atoms with Crippen LogP contribution in [0.5, 0.6) is 5.75 Å². The molecular weight excluding hydrogens is 238 g/mol. The lowest BCUT2D eigenvalue weighted by Gasteiger charge is -2.08. The first-order chi connectivity index (χ1) is 8.65. The molecule has 1 saturated carbocycles. The van der Waals surface area contributed by atoms with Gasteiger partial charge in [0.25, 0.3) is 0 Å². The normalized spacial score (nSPS) is 16.2. The minimum atomic E-state index is -2.83. The monoisotopic (exact) mass is 254 g/mol. The molecule has 0 heterocycles. The fourth-order valence-electron chi connectivity index (χ4n) is 2.42. The van der Waals surface area contributed by atoms with E-state index in [0.717, 1.165) is 12.8 Å². The average molecular weight is 254 g/mol. The minimum absolute atomic E-state index is 0.0856. The van der Waals surface area contributed by atoms with E-state index in [2.05, 4.69) is 4.74 Å². The topological polar surface area (TPSA) is 26.3 Å². The Hall–Kier alpha value is -1.45. The number of carbonyl (C=O) groups excluding carboxylic acids is 1. The molecule has 18 heavy (non-hydrogen) atoms. The van der Waals surface area contributed by atoms with E-state index >= 15 is 0 Å². The summed E-state index contributed by atoms with van der Waals surface area (Å²) >= 11 is 0. The van der Waals surface area contributed by atoms with Crippen LogP contribution in [0.4, 0.5) is 8.78 Å². The second kappa shape index (κ2) is 5.94. The number of halogens is 2. The van der Waals surface area contributed by atoms with E-state index < -0.39 is 6.61 Å². The third kappa shape index (κ3) is 3.52. The van der Waals surface area contributed by atoms with Gasteiger partial charge in [-0.3, -0.25) is 4.79 Å². The van der Waals surface area contributed by atoms with E-state index in [1.165, 1.54) is 25.0 Å². The predicted octanol–water partition coefficient (Wildman–Crippen LogP) is 4.05. The quantitative estimate of drug-likeness (QED) is 0.741. The fraction of sp³-hybridized carbons (Fsp3) is 0.500. The number of rotatable bonds is 5. The van der Waals surface area contributed by atoms with Crippen LogP contribution in [0, 0.1) is 5.92 Å². The summed E-state index contributed by atoms with van der Waals surface area (Å²) in [7, 11) is 0. The summed E-state index contributed by atoms with van der Waals surface area (Å²) in [4.78, 5) is 11.9. The Morgan fingerprint density at radius 2 is 1.83 bits per heavy atom. The third-order valence-electron chi connectivity index (χ3n) is 3.35. The van der Waals surface area contributed by atoms with Crippen molar-refractivity contribution in [2.24, 2.45) is 5.92 Å². The lowest BCUT2D eigenvalue weighted by molar-refractivity contribution is -0.0498. The van der Waals surface area contributed by atoms with Gasteiger partial charge in [0, 0.05) is 12.0 Å². The van der Waals surface area contributed by atoms with Gasteiger partial charge in [-0.1, -0.05) is 25.7 Å². The second-order valence-electron chi connectivity index (χ2n) is 4.68. The van der Waals surface area contributed by atoms with Crippen LogP contribution in [0.2, 0.25) is 0 Å². The summed E-state index contributed by atoms with van der Waals surface area (Å²) in [6, 6.07) is 5.92. The maximum atomic E-state index is 12.0. The first kappa shape index (κ1) is 13.0. The van der Waals surface area contributed by atoms with Gasteiger partial charge >= 0.3 is 6.61 Å². The van der Waals surface area contributed by atoms with Crippen LogP contribution >= 0.6 is 0 Å². The summed E-state index contributed by atoms with van der Waals surface area (Å²) in [5.74, 6) is 0.669. The number of carbonyl (C=O) groups is 1. The largest absolute Gasteiger partial charge is 0.435 e. The van der Waals surface area contributed by atoms with Crippen LogP contribution in [-0.2, 0) is 0 Å². The maximum Gasteiger partial charge on any atom is 0.387 e. The zero-order valence-electron chi connectivity index (χ0n) is 10.1. The number of Topliss-reactive ketones (excluding diaryl/α,β-unsaturated/α-hetero) is 1. The summed E-state index contributed by atoms with van der Waals surface area (Å²) in [6.45, 7) is -2.83. The smallest absolute Gasteiger partial charge is 0.387 e. The zero-order valence-corrected chi connectivity index (χ0v) is 10.1. The Kier molecular flexibility index (Phi) is 4.28. The van der Waals surface area contributed by atoms with E-state index in [1.54, 1.807) is 12.1 Å². The van der Waals surface area contributed by atoms with Gasteiger partial charge in [0.1, 0.15) is 5.75 Å². The van der Waals surface area contributed by atoms with Gasteiger partial charge < -0.3 is 4.74 Å². The lowest BCUT2D eigenvalue weighted by Crippen LogP contribution is -2.06. The van der Waals surface area contributed by atoms with Gasteiger partial charge in [-0.2, -0.15) is 8.78 Å². The van der Waals surface area contributed by atoms with Crippen molar-refractivity contribution < 1.29 is 18.3 Å². The zero-order chi connectivity index (χ0) is 13.0. The molecule has 0 radical (unpaired) electrons. The van der Waals surface area contributed by atoms with Crippen LogP contribution in [0.3, 0.4) is 0 Å². The molecule has 0 N–H and O–H groups in total. The molecule has 2 rings (SSSR count). The Labute approximate surface area is 105 Å². The van der Waals surface area contributed by atoms with Crippen LogP contribution in [0.25, 0.3) is 0 Å². The highest BCUT2D eigenvalue weighted by atomic mass is 19.3. The van der Waals surface area contributed by atoms with Crippen molar-refractivity contribution in [3.63, 3.8) is 0 Å². The van der Waals surface area contributed by atoms with Crippen LogP contribution in [0.15, 0.2) is 24.3 Å². The van der Waals surface area contributed by atoms with Crippen molar-refractivity contribution in [3.05, 3.63) is 29.8 Å². The number of hydrogen-bond acceptors (Lipinski definition) is 2. The minimum Gasteiger partial charge on any atom is -0.435 e. The molecular formula is C14H16F2O2. The van der Waals surface area contributed by atoms with E-state index in [1.807, 2.05) is 0 Å². The number of benzene rings is 1. The molecule has 0 atom stereocenters. The summed E-state index contributed by atoms with van der Waals surface area (Å²) < 4.78 is 28.2. The van der Waals surface area contributed by atoms with Gasteiger partial charge in [-0.25, -0.2) is 0 Å². The highest BCUT2D eigenvalue weighted by Crippen LogP contribution is 2.29. The average Bonchev–Trinajstić information content (AvgIpc) is 2.82. The van der Waals surface area contributed by atoms with Crippen molar-refractivity contribution in [2.75, 3.05) is 0 Å². The van der Waals surface area contributed by atoms with Gasteiger partial charge in [0.05, 0.1) is 0 Å². The van der Waals surface area contributed by atoms with Crippen molar-refractivity contribution in [1.29, 1.82) is 0 Å². The van der Waals surface area contributed by atoms with Crippen LogP contribution in [-0.4, -0.2) is 12.4 Å². The Morgan fingerprint density at radius 3 is 2.39 bits per heavy atom. The van der Waals surface area contributed by atoms with Gasteiger partial charge in [-0.15, -0.1) is 0 Å². The molecule has 0 spiro atoms. The third-order valence-corrected chi connectivity index (χ3v) is 3.35. The molecule has 4 heteroatoms. The number of alkyl halides is 2. The van der Waals surface area contributed by atoms with Crippen molar-refractivity contribution in [3.8, 4) is 5.75 Å². The fourth-order valence-corrected chi connectivity index (χ4v) is 2.42. The van der Waals surface area contributed by atoms with Crippen LogP contribution < -0.4 is 4.74 Å². The molecule has 98 valence electrons. The SMILES string of the molecule is O=C(CC1CCCC1)c1ccc(OC(F)F)cc1. The number of ketones is 1. The summed E-state index contributed by atoms with van der Waals surface area (Å²) in [5.41, 5.74) is 0.573. The Bertz CT molecular complexity index is 395. The molecule has 1 fully saturated rings. The standard InChI is InChI=1S/C14H16F2O2/c15-14(16)18-12-7-5-11(6-8-12)13(17)9-10-3-1-2-4-10/h5-8,10,14H,1-4,9H2. The first-order valence-electron chi connectivity index (χ1n) is 6.23. The predicted molar refractivity (Wildman–Crippen MR) is 64.0 cm³/mol. The van der Waals surface area contributed by atoms with Gasteiger partial charge in [-0.05, 0) is 30.2 Å². The highest BCUT2D eigenvalue weighted by molar-refractivity contribution is 5.96. The Morgan fingerprint density at radius 1 is 1.22 bits per heavy atom. The number of hydrogen-bond donors (Lipinski definition) is 0. The molecule has 0 aromatic heterocycles. The molecule has 0 amide bonds. The summed E-state index contributed by atoms with van der Waals surface area (Å²) in [5, 5.41) is 0. The molecule has 1 aliphatic carbocycles. The maximum absolute atomic E-state index is 12.0. The molecule has 1 aromatic rings. The molecule has 1 aromatic carbocycles. The van der Waals surface area contributed by atoms with Crippen molar-refractivity contribution >= 4 is 5.78 Å². The van der Waals surface area contributed by atoms with E-state index in [9.17, 15) is 13.6 Å². The van der Waals surface area contributed by atoms with E-state index in [4.69, 9.17) is 0 Å².